The summed E-state index contributed by atoms with van der Waals surface area (Å²) in [5.41, 5.74) is 13.7. The van der Waals surface area contributed by atoms with Gasteiger partial charge in [0, 0.05) is 13.1 Å². The number of carboxylic acid groups (broad SMARTS) is 1. The number of hydrogen-bond acceptors (Lipinski definition) is 11. The number of ether oxygens (including phenoxy) is 1. The number of hydrogen-bond donors (Lipinski definition) is 6. The number of nitrogens with one attached hydrogen (secondary N) is 1. The molecular formula is C26H38N8O5. The standard InChI is InChI=1S/C26H38N8O5/c27-18(26(37)38)9-13-33(12-5-11-29-10-4-8-17-6-2-1-3-7-17)14-19-21(35)22(36)25(39-19)34-16-32-20-23(28)30-15-31-24(20)34/h1-3,6-7,15-16,18-19,21-22,25,29,35-36H,4-5,8-14,27H2,(H,37,38)(H2,28,30,31)/t18-,19+,21+,22+,25+/m0/s1. The number of aliphatic hydroxyl groups excluding tert-OH is 2. The number of aryl methyl sites for hydroxylation is 1. The number of aliphatic hydroxyl groups is 2. The second-order valence-corrected chi connectivity index (χ2v) is 9.86. The van der Waals surface area contributed by atoms with Gasteiger partial charge in [0.2, 0.25) is 0 Å². The van der Waals surface area contributed by atoms with E-state index in [1.807, 2.05) is 23.1 Å². The molecule has 8 N–H and O–H groups in total. The van der Waals surface area contributed by atoms with Crippen LogP contribution in [0.1, 0.15) is 31.1 Å². The van der Waals surface area contributed by atoms with E-state index in [0.717, 1.165) is 32.4 Å². The maximum Gasteiger partial charge on any atom is 0.320 e. The summed E-state index contributed by atoms with van der Waals surface area (Å²) < 4.78 is 7.61. The van der Waals surface area contributed by atoms with E-state index in [4.69, 9.17) is 16.2 Å². The van der Waals surface area contributed by atoms with Crippen molar-refractivity contribution in [2.24, 2.45) is 5.73 Å². The van der Waals surface area contributed by atoms with Crippen molar-refractivity contribution in [1.82, 2.24) is 29.7 Å². The van der Waals surface area contributed by atoms with E-state index in [0.29, 0.717) is 30.8 Å². The topological polar surface area (TPSA) is 198 Å². The number of nitrogen functional groups attached to an aromatic ring is 1. The Kier molecular flexibility index (Phi) is 10.1. The third kappa shape index (κ3) is 7.47. The van der Waals surface area contributed by atoms with Crippen LogP contribution in [0.25, 0.3) is 11.2 Å². The molecule has 1 saturated heterocycles. The average Bonchev–Trinajstić information content (AvgIpc) is 3.48. The molecule has 212 valence electrons. The molecule has 1 aliphatic heterocycles. The summed E-state index contributed by atoms with van der Waals surface area (Å²) in [4.78, 5) is 25.6. The van der Waals surface area contributed by atoms with Crippen LogP contribution in [-0.2, 0) is 16.0 Å². The van der Waals surface area contributed by atoms with Gasteiger partial charge in [0.1, 0.15) is 36.2 Å². The Morgan fingerprint density at radius 2 is 1.87 bits per heavy atom. The van der Waals surface area contributed by atoms with Gasteiger partial charge in [0.05, 0.1) is 6.33 Å². The lowest BCUT2D eigenvalue weighted by atomic mass is 10.1. The number of aromatic nitrogens is 4. The summed E-state index contributed by atoms with van der Waals surface area (Å²) >= 11 is 0. The molecule has 0 unspecified atom stereocenters. The van der Waals surface area contributed by atoms with Crippen LogP contribution in [0.15, 0.2) is 43.0 Å². The van der Waals surface area contributed by atoms with Gasteiger partial charge in [-0.05, 0) is 50.9 Å². The number of anilines is 1. The Morgan fingerprint density at radius 1 is 1.10 bits per heavy atom. The number of benzene rings is 1. The third-order valence-corrected chi connectivity index (χ3v) is 7.00. The van der Waals surface area contributed by atoms with Crippen molar-refractivity contribution in [2.75, 3.05) is 38.5 Å². The van der Waals surface area contributed by atoms with Crippen molar-refractivity contribution in [3.63, 3.8) is 0 Å². The van der Waals surface area contributed by atoms with Crippen molar-refractivity contribution in [2.45, 2.75) is 56.3 Å². The fourth-order valence-electron chi connectivity index (χ4n) is 4.77. The van der Waals surface area contributed by atoms with Crippen molar-refractivity contribution < 1.29 is 24.9 Å². The first-order valence-corrected chi connectivity index (χ1v) is 13.2. The minimum atomic E-state index is -1.22. The zero-order valence-corrected chi connectivity index (χ0v) is 21.8. The molecule has 39 heavy (non-hydrogen) atoms. The van der Waals surface area contributed by atoms with Crippen molar-refractivity contribution in [3.05, 3.63) is 48.5 Å². The van der Waals surface area contributed by atoms with E-state index in [-0.39, 0.29) is 12.2 Å². The smallest absolute Gasteiger partial charge is 0.320 e. The van der Waals surface area contributed by atoms with Gasteiger partial charge in [-0.2, -0.15) is 0 Å². The highest BCUT2D eigenvalue weighted by atomic mass is 16.6. The predicted molar refractivity (Wildman–Crippen MR) is 145 cm³/mol. The second-order valence-electron chi connectivity index (χ2n) is 9.86. The lowest BCUT2D eigenvalue weighted by Gasteiger charge is -2.27. The molecule has 1 fully saturated rings. The predicted octanol–water partition coefficient (Wildman–Crippen LogP) is -0.256. The summed E-state index contributed by atoms with van der Waals surface area (Å²) in [6.45, 7) is 3.02. The van der Waals surface area contributed by atoms with Crippen molar-refractivity contribution in [3.8, 4) is 0 Å². The average molecular weight is 543 g/mol. The normalized spacial score (nSPS) is 22.1. The monoisotopic (exact) mass is 542 g/mol. The van der Waals surface area contributed by atoms with Gasteiger partial charge >= 0.3 is 5.97 Å². The van der Waals surface area contributed by atoms with Crippen LogP contribution in [0.4, 0.5) is 5.82 Å². The van der Waals surface area contributed by atoms with Crippen LogP contribution in [0.3, 0.4) is 0 Å². The summed E-state index contributed by atoms with van der Waals surface area (Å²) in [7, 11) is 0. The molecule has 0 bridgehead atoms. The van der Waals surface area contributed by atoms with E-state index in [2.05, 4.69) is 32.4 Å². The van der Waals surface area contributed by atoms with Gasteiger partial charge in [-0.3, -0.25) is 9.36 Å². The second kappa shape index (κ2) is 13.7. The Balaban J connectivity index is 1.31. The van der Waals surface area contributed by atoms with Crippen LogP contribution in [0, 0.1) is 0 Å². The van der Waals surface area contributed by atoms with Crippen LogP contribution < -0.4 is 16.8 Å². The van der Waals surface area contributed by atoms with E-state index >= 15 is 0 Å². The number of rotatable bonds is 15. The maximum atomic E-state index is 11.2. The van der Waals surface area contributed by atoms with Crippen molar-refractivity contribution >= 4 is 23.0 Å². The van der Waals surface area contributed by atoms with Crippen LogP contribution in [0.2, 0.25) is 0 Å². The highest BCUT2D eigenvalue weighted by Gasteiger charge is 2.44. The molecule has 0 spiro atoms. The molecule has 1 aromatic carbocycles. The number of imidazole rings is 1. The molecule has 0 aliphatic carbocycles. The number of fused-ring (bicyclic) bond motifs is 1. The van der Waals surface area contributed by atoms with Gasteiger partial charge in [0.25, 0.3) is 0 Å². The maximum absolute atomic E-state index is 11.2. The number of carbonyl (C=O) groups is 1. The van der Waals surface area contributed by atoms with Crippen LogP contribution in [-0.4, -0.2) is 103 Å². The van der Waals surface area contributed by atoms with E-state index < -0.39 is 36.6 Å². The Morgan fingerprint density at radius 3 is 2.64 bits per heavy atom. The third-order valence-electron chi connectivity index (χ3n) is 7.00. The molecule has 4 rings (SSSR count). The summed E-state index contributed by atoms with van der Waals surface area (Å²) in [5.74, 6) is -0.853. The lowest BCUT2D eigenvalue weighted by molar-refractivity contribution is -0.138. The first-order valence-electron chi connectivity index (χ1n) is 13.2. The molecule has 3 heterocycles. The summed E-state index contributed by atoms with van der Waals surface area (Å²) in [6, 6.07) is 9.36. The van der Waals surface area contributed by atoms with Gasteiger partial charge in [-0.25, -0.2) is 15.0 Å². The number of nitrogens with two attached hydrogens (primary N) is 2. The molecule has 0 amide bonds. The molecule has 13 heteroatoms. The molecule has 0 radical (unpaired) electrons. The van der Waals surface area contributed by atoms with E-state index in [9.17, 15) is 20.1 Å². The molecule has 13 nitrogen and oxygen atoms in total. The molecule has 3 aromatic rings. The molecular weight excluding hydrogens is 504 g/mol. The number of carboxylic acids is 1. The first kappa shape index (κ1) is 28.8. The minimum Gasteiger partial charge on any atom is -0.480 e. The first-order chi connectivity index (χ1) is 18.8. The van der Waals surface area contributed by atoms with E-state index in [1.54, 1.807) is 0 Å². The van der Waals surface area contributed by atoms with Gasteiger partial charge < -0.3 is 41.7 Å². The quantitative estimate of drug-likeness (QED) is 0.138. The highest BCUT2D eigenvalue weighted by Crippen LogP contribution is 2.32. The Bertz CT molecular complexity index is 1200. The Labute approximate surface area is 226 Å². The van der Waals surface area contributed by atoms with Gasteiger partial charge in [-0.15, -0.1) is 0 Å². The van der Waals surface area contributed by atoms with E-state index in [1.165, 1.54) is 22.8 Å². The zero-order chi connectivity index (χ0) is 27.8. The molecule has 2 aromatic heterocycles. The molecule has 1 aliphatic rings. The molecule has 5 atom stereocenters. The molecule has 0 saturated carbocycles. The summed E-state index contributed by atoms with van der Waals surface area (Å²) in [5, 5.41) is 34.2. The lowest BCUT2D eigenvalue weighted by Crippen LogP contribution is -2.43. The number of aliphatic carboxylic acids is 1. The van der Waals surface area contributed by atoms with Gasteiger partial charge in [-0.1, -0.05) is 30.3 Å². The number of nitrogens with zero attached hydrogens (tertiary/aromatic N) is 5. The fourth-order valence-corrected chi connectivity index (χ4v) is 4.77. The van der Waals surface area contributed by atoms with Crippen molar-refractivity contribution in [1.29, 1.82) is 0 Å². The fraction of sp³-hybridized carbons (Fsp3) is 0.538. The van der Waals surface area contributed by atoms with Crippen LogP contribution >= 0.6 is 0 Å². The Hall–Kier alpha value is -3.20. The largest absolute Gasteiger partial charge is 0.480 e. The van der Waals surface area contributed by atoms with Gasteiger partial charge in [0.15, 0.2) is 17.7 Å². The SMILES string of the molecule is Nc1ncnc2c1ncn2[C@@H]1O[C@H](CN(CCCNCCCc2ccccc2)CC[C@H](N)C(=O)O)[C@@H](O)[C@H]1O. The summed E-state index contributed by atoms with van der Waals surface area (Å²) in [6.07, 6.45) is 1.82. The highest BCUT2D eigenvalue weighted by molar-refractivity contribution is 5.81. The minimum absolute atomic E-state index is 0.206. The van der Waals surface area contributed by atoms with Crippen LogP contribution in [0.5, 0.6) is 0 Å². The zero-order valence-electron chi connectivity index (χ0n) is 21.8.